The largest absolute Gasteiger partial charge is 0.497 e. The molecule has 70 valence electrons. The molecular formula is C10H14N2O. The van der Waals surface area contributed by atoms with Gasteiger partial charge in [0.2, 0.25) is 0 Å². The van der Waals surface area contributed by atoms with Crippen molar-refractivity contribution in [2.24, 2.45) is 5.84 Å². The summed E-state index contributed by atoms with van der Waals surface area (Å²) in [6, 6.07) is 7.84. The summed E-state index contributed by atoms with van der Waals surface area (Å²) in [5.74, 6) is 5.99. The smallest absolute Gasteiger partial charge is 0.118 e. The van der Waals surface area contributed by atoms with E-state index in [1.807, 2.05) is 36.4 Å². The van der Waals surface area contributed by atoms with Gasteiger partial charge in [-0.05, 0) is 17.7 Å². The molecule has 0 bridgehead atoms. The van der Waals surface area contributed by atoms with Gasteiger partial charge in [-0.15, -0.1) is 0 Å². The van der Waals surface area contributed by atoms with E-state index in [0.717, 1.165) is 11.3 Å². The van der Waals surface area contributed by atoms with Crippen LogP contribution in [0.3, 0.4) is 0 Å². The third kappa shape index (κ3) is 3.27. The maximum atomic E-state index is 5.12. The first kappa shape index (κ1) is 9.77. The molecule has 1 rings (SSSR count). The summed E-state index contributed by atoms with van der Waals surface area (Å²) in [7, 11) is 1.66. The van der Waals surface area contributed by atoms with E-state index in [1.165, 1.54) is 0 Å². The van der Waals surface area contributed by atoms with Gasteiger partial charge < -0.3 is 4.74 Å². The molecule has 3 nitrogen and oxygen atoms in total. The third-order valence-electron chi connectivity index (χ3n) is 1.66. The van der Waals surface area contributed by atoms with Crippen molar-refractivity contribution >= 4 is 6.08 Å². The van der Waals surface area contributed by atoms with Crippen LogP contribution in [-0.2, 0) is 0 Å². The molecule has 0 atom stereocenters. The Balaban J connectivity index is 2.58. The van der Waals surface area contributed by atoms with Gasteiger partial charge in [0.1, 0.15) is 5.75 Å². The summed E-state index contributed by atoms with van der Waals surface area (Å²) in [5, 5.41) is 0. The third-order valence-corrected chi connectivity index (χ3v) is 1.66. The predicted molar refractivity (Wildman–Crippen MR) is 54.2 cm³/mol. The minimum absolute atomic E-state index is 0.673. The lowest BCUT2D eigenvalue weighted by Crippen LogP contribution is -2.21. The van der Waals surface area contributed by atoms with Crippen molar-refractivity contribution in [1.82, 2.24) is 5.43 Å². The van der Waals surface area contributed by atoms with E-state index in [2.05, 4.69) is 5.43 Å². The van der Waals surface area contributed by atoms with E-state index in [9.17, 15) is 0 Å². The first-order valence-corrected chi connectivity index (χ1v) is 4.11. The quantitative estimate of drug-likeness (QED) is 0.537. The summed E-state index contributed by atoms with van der Waals surface area (Å²) in [6.07, 6.45) is 3.96. The summed E-state index contributed by atoms with van der Waals surface area (Å²) in [6.45, 7) is 0.673. The van der Waals surface area contributed by atoms with E-state index in [1.54, 1.807) is 7.11 Å². The van der Waals surface area contributed by atoms with Crippen molar-refractivity contribution in [3.05, 3.63) is 35.9 Å². The van der Waals surface area contributed by atoms with Crippen molar-refractivity contribution in [2.45, 2.75) is 0 Å². The highest BCUT2D eigenvalue weighted by Gasteiger charge is 1.88. The highest BCUT2D eigenvalue weighted by Crippen LogP contribution is 2.11. The SMILES string of the molecule is COc1ccc(C=CCNN)cc1. The molecule has 1 aromatic rings. The zero-order valence-corrected chi connectivity index (χ0v) is 7.66. The van der Waals surface area contributed by atoms with Gasteiger partial charge in [0.25, 0.3) is 0 Å². The van der Waals surface area contributed by atoms with Crippen molar-refractivity contribution in [2.75, 3.05) is 13.7 Å². The second-order valence-electron chi connectivity index (χ2n) is 2.58. The molecule has 0 aliphatic carbocycles. The van der Waals surface area contributed by atoms with E-state index >= 15 is 0 Å². The molecule has 0 heterocycles. The number of hydrazine groups is 1. The fourth-order valence-electron chi connectivity index (χ4n) is 0.978. The van der Waals surface area contributed by atoms with Gasteiger partial charge in [0, 0.05) is 6.54 Å². The average molecular weight is 178 g/mol. The van der Waals surface area contributed by atoms with Gasteiger partial charge >= 0.3 is 0 Å². The lowest BCUT2D eigenvalue weighted by atomic mass is 10.2. The van der Waals surface area contributed by atoms with Crippen molar-refractivity contribution < 1.29 is 4.74 Å². The molecule has 0 unspecified atom stereocenters. The minimum atomic E-state index is 0.673. The Kier molecular flexibility index (Phi) is 4.02. The maximum Gasteiger partial charge on any atom is 0.118 e. The normalized spacial score (nSPS) is 10.6. The molecule has 3 heteroatoms. The standard InChI is InChI=1S/C10H14N2O/c1-13-10-6-4-9(5-7-10)3-2-8-12-11/h2-7,12H,8,11H2,1H3. The van der Waals surface area contributed by atoms with Crippen molar-refractivity contribution in [3.8, 4) is 5.75 Å². The first-order chi connectivity index (χ1) is 6.36. The van der Waals surface area contributed by atoms with Crippen molar-refractivity contribution in [3.63, 3.8) is 0 Å². The Hall–Kier alpha value is -1.32. The van der Waals surface area contributed by atoms with Crippen LogP contribution >= 0.6 is 0 Å². The van der Waals surface area contributed by atoms with Gasteiger partial charge in [-0.1, -0.05) is 24.3 Å². The van der Waals surface area contributed by atoms with Gasteiger partial charge in [-0.25, -0.2) is 0 Å². The Morgan fingerprint density at radius 3 is 2.62 bits per heavy atom. The Labute approximate surface area is 78.2 Å². The molecule has 0 saturated carbocycles. The predicted octanol–water partition coefficient (Wildman–Crippen LogP) is 1.17. The van der Waals surface area contributed by atoms with Crippen LogP contribution in [0.4, 0.5) is 0 Å². The van der Waals surface area contributed by atoms with Crippen LogP contribution in [-0.4, -0.2) is 13.7 Å². The first-order valence-electron chi connectivity index (χ1n) is 4.11. The molecule has 13 heavy (non-hydrogen) atoms. The van der Waals surface area contributed by atoms with E-state index in [-0.39, 0.29) is 0 Å². The maximum absolute atomic E-state index is 5.12. The lowest BCUT2D eigenvalue weighted by Gasteiger charge is -1.98. The van der Waals surface area contributed by atoms with Gasteiger partial charge in [-0.3, -0.25) is 11.3 Å². The highest BCUT2D eigenvalue weighted by molar-refractivity contribution is 5.50. The molecule has 0 saturated heterocycles. The molecule has 0 aliphatic heterocycles. The van der Waals surface area contributed by atoms with Crippen LogP contribution in [0.1, 0.15) is 5.56 Å². The fraction of sp³-hybridized carbons (Fsp3) is 0.200. The van der Waals surface area contributed by atoms with Gasteiger partial charge in [0.05, 0.1) is 7.11 Å². The Morgan fingerprint density at radius 2 is 2.08 bits per heavy atom. The second kappa shape index (κ2) is 5.35. The fourth-order valence-corrected chi connectivity index (χ4v) is 0.978. The molecule has 1 aromatic carbocycles. The lowest BCUT2D eigenvalue weighted by molar-refractivity contribution is 0.415. The number of nitrogens with two attached hydrogens (primary N) is 1. The Bertz CT molecular complexity index is 267. The minimum Gasteiger partial charge on any atom is -0.497 e. The summed E-state index contributed by atoms with van der Waals surface area (Å²) in [5.41, 5.74) is 3.68. The highest BCUT2D eigenvalue weighted by atomic mass is 16.5. The number of ether oxygens (including phenoxy) is 1. The zero-order valence-electron chi connectivity index (χ0n) is 7.66. The molecule has 0 radical (unpaired) electrons. The molecular weight excluding hydrogens is 164 g/mol. The topological polar surface area (TPSA) is 47.3 Å². The molecule has 0 aliphatic rings. The number of nitrogens with one attached hydrogen (secondary N) is 1. The summed E-state index contributed by atoms with van der Waals surface area (Å²) in [4.78, 5) is 0. The van der Waals surface area contributed by atoms with Crippen LogP contribution in [0.2, 0.25) is 0 Å². The van der Waals surface area contributed by atoms with E-state index < -0.39 is 0 Å². The second-order valence-corrected chi connectivity index (χ2v) is 2.58. The van der Waals surface area contributed by atoms with Crippen LogP contribution in [0.15, 0.2) is 30.3 Å². The molecule has 0 fully saturated rings. The van der Waals surface area contributed by atoms with E-state index in [4.69, 9.17) is 10.6 Å². The van der Waals surface area contributed by atoms with Crippen LogP contribution in [0, 0.1) is 0 Å². The Morgan fingerprint density at radius 1 is 1.38 bits per heavy atom. The van der Waals surface area contributed by atoms with Gasteiger partial charge in [0.15, 0.2) is 0 Å². The number of rotatable bonds is 4. The zero-order chi connectivity index (χ0) is 9.52. The number of hydrogen-bond acceptors (Lipinski definition) is 3. The molecule has 0 aromatic heterocycles. The molecule has 0 spiro atoms. The molecule has 0 amide bonds. The molecule has 3 N–H and O–H groups in total. The average Bonchev–Trinajstić information content (AvgIpc) is 2.19. The van der Waals surface area contributed by atoms with Crippen LogP contribution in [0.25, 0.3) is 6.08 Å². The monoisotopic (exact) mass is 178 g/mol. The number of hydrogen-bond donors (Lipinski definition) is 2. The van der Waals surface area contributed by atoms with Gasteiger partial charge in [-0.2, -0.15) is 0 Å². The summed E-state index contributed by atoms with van der Waals surface area (Å²) >= 11 is 0. The van der Waals surface area contributed by atoms with Crippen LogP contribution < -0.4 is 16.0 Å². The van der Waals surface area contributed by atoms with E-state index in [0.29, 0.717) is 6.54 Å². The van der Waals surface area contributed by atoms with Crippen LogP contribution in [0.5, 0.6) is 5.75 Å². The number of methoxy groups -OCH3 is 1. The van der Waals surface area contributed by atoms with Crippen molar-refractivity contribution in [1.29, 1.82) is 0 Å². The number of benzene rings is 1. The summed E-state index contributed by atoms with van der Waals surface area (Å²) < 4.78 is 5.04.